The van der Waals surface area contributed by atoms with Gasteiger partial charge in [0.15, 0.2) is 0 Å². The van der Waals surface area contributed by atoms with Gasteiger partial charge in [0, 0.05) is 19.6 Å². The molecule has 2 unspecified atom stereocenters. The number of nitrogens with zero attached hydrogens (tertiary/aromatic N) is 1. The van der Waals surface area contributed by atoms with Crippen LogP contribution in [0.15, 0.2) is 36.4 Å². The normalized spacial score (nSPS) is 28.4. The van der Waals surface area contributed by atoms with Crippen molar-refractivity contribution >= 4 is 0 Å². The summed E-state index contributed by atoms with van der Waals surface area (Å²) in [7, 11) is 1.72. The Kier molecular flexibility index (Phi) is 4.55. The molecule has 2 aliphatic rings. The lowest BCUT2D eigenvalue weighted by Crippen LogP contribution is -2.46. The van der Waals surface area contributed by atoms with Gasteiger partial charge in [0.05, 0.1) is 7.11 Å². The van der Waals surface area contributed by atoms with E-state index in [2.05, 4.69) is 48.0 Å². The summed E-state index contributed by atoms with van der Waals surface area (Å²) in [5, 5.41) is 3.63. The molecule has 0 amide bonds. The smallest absolute Gasteiger partial charge is 0.118 e. The number of methoxy groups -OCH3 is 1. The maximum atomic E-state index is 5.24. The van der Waals surface area contributed by atoms with E-state index in [0.29, 0.717) is 5.41 Å². The molecule has 0 radical (unpaired) electrons. The minimum absolute atomic E-state index is 0.461. The lowest BCUT2D eigenvalue weighted by Gasteiger charge is -2.44. The third kappa shape index (κ3) is 3.21. The molecule has 120 valence electrons. The maximum absolute atomic E-state index is 5.24. The Bertz CT molecular complexity index is 525. The van der Waals surface area contributed by atoms with Crippen molar-refractivity contribution in [3.8, 4) is 5.75 Å². The van der Waals surface area contributed by atoms with Gasteiger partial charge in [-0.25, -0.2) is 0 Å². The Morgan fingerprint density at radius 3 is 2.86 bits per heavy atom. The first kappa shape index (κ1) is 15.6. The summed E-state index contributed by atoms with van der Waals surface area (Å²) in [6.07, 6.45) is 2.47. The number of ether oxygens (including phenoxy) is 1. The summed E-state index contributed by atoms with van der Waals surface area (Å²) in [6, 6.07) is 8.48. The summed E-state index contributed by atoms with van der Waals surface area (Å²) in [5.74, 6) is 1.69. The highest BCUT2D eigenvalue weighted by atomic mass is 16.5. The van der Waals surface area contributed by atoms with Crippen molar-refractivity contribution in [3.63, 3.8) is 0 Å². The highest BCUT2D eigenvalue weighted by molar-refractivity contribution is 5.27. The Morgan fingerprint density at radius 1 is 1.41 bits per heavy atom. The number of hydrogen-bond acceptors (Lipinski definition) is 3. The molecule has 1 aromatic carbocycles. The molecule has 1 N–H and O–H groups in total. The lowest BCUT2D eigenvalue weighted by atomic mass is 9.69. The molecular formula is C19H28N2O. The van der Waals surface area contributed by atoms with Gasteiger partial charge in [0.2, 0.25) is 0 Å². The van der Waals surface area contributed by atoms with Crippen LogP contribution >= 0.6 is 0 Å². The Hall–Kier alpha value is -1.32. The van der Waals surface area contributed by atoms with Gasteiger partial charge in [-0.05, 0) is 61.9 Å². The third-order valence-corrected chi connectivity index (χ3v) is 5.36. The molecule has 2 fully saturated rings. The van der Waals surface area contributed by atoms with Gasteiger partial charge in [0.1, 0.15) is 5.75 Å². The van der Waals surface area contributed by atoms with Crippen LogP contribution < -0.4 is 10.1 Å². The van der Waals surface area contributed by atoms with E-state index in [1.54, 1.807) is 7.11 Å². The van der Waals surface area contributed by atoms with Crippen molar-refractivity contribution in [2.75, 3.05) is 33.3 Å². The molecule has 2 heterocycles. The largest absolute Gasteiger partial charge is 0.497 e. The van der Waals surface area contributed by atoms with E-state index in [-0.39, 0.29) is 0 Å². The molecular weight excluding hydrogens is 272 g/mol. The summed E-state index contributed by atoms with van der Waals surface area (Å²) in [5.41, 5.74) is 3.17. The van der Waals surface area contributed by atoms with Crippen LogP contribution in [0.4, 0.5) is 0 Å². The average Bonchev–Trinajstić information content (AvgIpc) is 2.90. The van der Waals surface area contributed by atoms with Crippen LogP contribution in [-0.2, 0) is 6.54 Å². The first-order valence-electron chi connectivity index (χ1n) is 8.32. The predicted octanol–water partition coefficient (Wildman–Crippen LogP) is 3.07. The number of benzene rings is 1. The lowest BCUT2D eigenvalue weighted by molar-refractivity contribution is 0.0656. The third-order valence-electron chi connectivity index (χ3n) is 5.36. The molecule has 0 saturated carbocycles. The first-order chi connectivity index (χ1) is 10.6. The van der Waals surface area contributed by atoms with Gasteiger partial charge in [-0.1, -0.05) is 17.7 Å². The summed E-state index contributed by atoms with van der Waals surface area (Å²) in [6.45, 7) is 12.1. The second-order valence-corrected chi connectivity index (χ2v) is 7.16. The first-order valence-corrected chi connectivity index (χ1v) is 8.32. The van der Waals surface area contributed by atoms with Gasteiger partial charge in [-0.3, -0.25) is 4.90 Å². The van der Waals surface area contributed by atoms with E-state index >= 15 is 0 Å². The fourth-order valence-electron chi connectivity index (χ4n) is 4.22. The van der Waals surface area contributed by atoms with Gasteiger partial charge in [-0.2, -0.15) is 0 Å². The van der Waals surface area contributed by atoms with E-state index in [1.165, 1.54) is 43.6 Å². The van der Waals surface area contributed by atoms with Crippen LogP contribution in [0, 0.1) is 11.3 Å². The van der Waals surface area contributed by atoms with Crippen LogP contribution in [0.3, 0.4) is 0 Å². The minimum Gasteiger partial charge on any atom is -0.497 e. The predicted molar refractivity (Wildman–Crippen MR) is 91.1 cm³/mol. The maximum Gasteiger partial charge on any atom is 0.118 e. The Morgan fingerprint density at radius 2 is 2.18 bits per heavy atom. The average molecular weight is 300 g/mol. The number of fused-ring (bicyclic) bond motifs is 1. The van der Waals surface area contributed by atoms with E-state index in [4.69, 9.17) is 4.74 Å². The Balaban J connectivity index is 1.63. The molecule has 0 spiro atoms. The van der Waals surface area contributed by atoms with E-state index in [1.807, 2.05) is 0 Å². The van der Waals surface area contributed by atoms with Gasteiger partial charge >= 0.3 is 0 Å². The van der Waals surface area contributed by atoms with Crippen LogP contribution in [0.2, 0.25) is 0 Å². The summed E-state index contributed by atoms with van der Waals surface area (Å²) < 4.78 is 5.24. The van der Waals surface area contributed by atoms with E-state index in [0.717, 1.165) is 24.8 Å². The number of likely N-dealkylation sites (tertiary alicyclic amines) is 1. The van der Waals surface area contributed by atoms with Crippen molar-refractivity contribution in [2.45, 2.75) is 26.3 Å². The fraction of sp³-hybridized carbons (Fsp3) is 0.579. The molecule has 0 aromatic heterocycles. The fourth-order valence-corrected chi connectivity index (χ4v) is 4.22. The summed E-state index contributed by atoms with van der Waals surface area (Å²) in [4.78, 5) is 2.61. The Labute approximate surface area is 134 Å². The molecule has 3 rings (SSSR count). The van der Waals surface area contributed by atoms with Gasteiger partial charge in [-0.15, -0.1) is 6.58 Å². The molecule has 0 bridgehead atoms. The monoisotopic (exact) mass is 300 g/mol. The summed E-state index contributed by atoms with van der Waals surface area (Å²) >= 11 is 0. The second-order valence-electron chi connectivity index (χ2n) is 7.16. The van der Waals surface area contributed by atoms with Crippen molar-refractivity contribution in [3.05, 3.63) is 42.0 Å². The number of piperidine rings is 1. The zero-order valence-corrected chi connectivity index (χ0v) is 13.9. The number of hydrogen-bond donors (Lipinski definition) is 1. The molecule has 2 saturated heterocycles. The van der Waals surface area contributed by atoms with Crippen LogP contribution in [-0.4, -0.2) is 38.2 Å². The SMILES string of the molecule is C=C(C)CC12CCN(Cc3ccc(OC)cc3)CC1CNC2. The van der Waals surface area contributed by atoms with E-state index < -0.39 is 0 Å². The highest BCUT2D eigenvalue weighted by Gasteiger charge is 2.45. The van der Waals surface area contributed by atoms with Gasteiger partial charge in [0.25, 0.3) is 0 Å². The van der Waals surface area contributed by atoms with Crippen molar-refractivity contribution in [2.24, 2.45) is 11.3 Å². The quantitative estimate of drug-likeness (QED) is 0.846. The molecule has 2 atom stereocenters. The van der Waals surface area contributed by atoms with E-state index in [9.17, 15) is 0 Å². The molecule has 3 nitrogen and oxygen atoms in total. The number of allylic oxidation sites excluding steroid dienone is 1. The molecule has 3 heteroatoms. The zero-order valence-electron chi connectivity index (χ0n) is 13.9. The van der Waals surface area contributed by atoms with Crippen molar-refractivity contribution in [1.82, 2.24) is 10.2 Å². The molecule has 22 heavy (non-hydrogen) atoms. The molecule has 0 aliphatic carbocycles. The van der Waals surface area contributed by atoms with Crippen LogP contribution in [0.5, 0.6) is 5.75 Å². The number of nitrogens with one attached hydrogen (secondary N) is 1. The minimum atomic E-state index is 0.461. The highest BCUT2D eigenvalue weighted by Crippen LogP contribution is 2.44. The topological polar surface area (TPSA) is 24.5 Å². The van der Waals surface area contributed by atoms with Crippen LogP contribution in [0.1, 0.15) is 25.3 Å². The zero-order chi connectivity index (χ0) is 15.6. The van der Waals surface area contributed by atoms with Crippen molar-refractivity contribution in [1.29, 1.82) is 0 Å². The van der Waals surface area contributed by atoms with Crippen molar-refractivity contribution < 1.29 is 4.74 Å². The standard InChI is InChI=1S/C19H28N2O/c1-15(2)10-19-8-9-21(13-17(19)11-20-14-19)12-16-4-6-18(22-3)7-5-16/h4-7,17,20H,1,8-14H2,2-3H3. The number of rotatable bonds is 5. The molecule has 1 aromatic rings. The molecule has 2 aliphatic heterocycles. The van der Waals surface area contributed by atoms with Crippen LogP contribution in [0.25, 0.3) is 0 Å². The van der Waals surface area contributed by atoms with Gasteiger partial charge < -0.3 is 10.1 Å². The second kappa shape index (κ2) is 6.43.